The van der Waals surface area contributed by atoms with Crippen LogP contribution in [0.3, 0.4) is 0 Å². The first-order chi connectivity index (χ1) is 7.65. The van der Waals surface area contributed by atoms with E-state index in [1.807, 2.05) is 6.92 Å². The fourth-order valence-electron chi connectivity index (χ4n) is 1.73. The van der Waals surface area contributed by atoms with Gasteiger partial charge in [0.25, 0.3) is 0 Å². The lowest BCUT2D eigenvalue weighted by Crippen LogP contribution is -2.04. The Balaban J connectivity index is 3.14. The molecule has 1 rings (SSSR count). The van der Waals surface area contributed by atoms with E-state index in [1.165, 1.54) is 0 Å². The van der Waals surface area contributed by atoms with Crippen molar-refractivity contribution < 1.29 is 19.7 Å². The standard InChI is InChI=1S/C12H18O4/c1-8-11(15-2)5-4-9(12(8)16-3)10(14)6-7-13/h4-5,10,13-14H,6-7H2,1-3H3. The zero-order valence-electron chi connectivity index (χ0n) is 9.86. The zero-order chi connectivity index (χ0) is 12.1. The minimum atomic E-state index is -0.718. The monoisotopic (exact) mass is 226 g/mol. The molecule has 1 atom stereocenters. The van der Waals surface area contributed by atoms with Gasteiger partial charge in [-0.3, -0.25) is 0 Å². The maximum Gasteiger partial charge on any atom is 0.131 e. The number of hydrogen-bond donors (Lipinski definition) is 2. The molecule has 1 aromatic rings. The van der Waals surface area contributed by atoms with Gasteiger partial charge < -0.3 is 19.7 Å². The molecular weight excluding hydrogens is 208 g/mol. The van der Waals surface area contributed by atoms with Crippen LogP contribution in [0.25, 0.3) is 0 Å². The van der Waals surface area contributed by atoms with Crippen LogP contribution in [0.4, 0.5) is 0 Å². The van der Waals surface area contributed by atoms with Crippen LogP contribution in [-0.4, -0.2) is 31.0 Å². The average Bonchev–Trinajstić information content (AvgIpc) is 2.28. The van der Waals surface area contributed by atoms with Crippen molar-refractivity contribution in [1.82, 2.24) is 0 Å². The Morgan fingerprint density at radius 2 is 1.94 bits per heavy atom. The molecule has 4 nitrogen and oxygen atoms in total. The third kappa shape index (κ3) is 2.46. The van der Waals surface area contributed by atoms with Crippen LogP contribution in [-0.2, 0) is 0 Å². The highest BCUT2D eigenvalue weighted by Crippen LogP contribution is 2.35. The summed E-state index contributed by atoms with van der Waals surface area (Å²) in [4.78, 5) is 0. The Morgan fingerprint density at radius 3 is 2.44 bits per heavy atom. The maximum atomic E-state index is 9.84. The van der Waals surface area contributed by atoms with E-state index in [-0.39, 0.29) is 6.61 Å². The van der Waals surface area contributed by atoms with Crippen molar-refractivity contribution in [3.8, 4) is 11.5 Å². The molecular formula is C12H18O4. The van der Waals surface area contributed by atoms with Crippen LogP contribution >= 0.6 is 0 Å². The maximum absolute atomic E-state index is 9.84. The van der Waals surface area contributed by atoms with Gasteiger partial charge in [0.2, 0.25) is 0 Å². The van der Waals surface area contributed by atoms with E-state index in [9.17, 15) is 5.11 Å². The molecule has 90 valence electrons. The number of hydrogen-bond acceptors (Lipinski definition) is 4. The first-order valence-electron chi connectivity index (χ1n) is 5.16. The number of rotatable bonds is 5. The van der Waals surface area contributed by atoms with Crippen LogP contribution in [0.5, 0.6) is 11.5 Å². The second-order valence-corrected chi connectivity index (χ2v) is 3.54. The second-order valence-electron chi connectivity index (χ2n) is 3.54. The summed E-state index contributed by atoms with van der Waals surface area (Å²) in [7, 11) is 3.14. The van der Waals surface area contributed by atoms with Gasteiger partial charge in [0.15, 0.2) is 0 Å². The molecule has 0 heterocycles. The SMILES string of the molecule is COc1ccc(C(O)CCO)c(OC)c1C. The van der Waals surface area contributed by atoms with Gasteiger partial charge in [-0.25, -0.2) is 0 Å². The molecule has 0 saturated carbocycles. The van der Waals surface area contributed by atoms with Crippen LogP contribution < -0.4 is 9.47 Å². The van der Waals surface area contributed by atoms with E-state index in [4.69, 9.17) is 14.6 Å². The number of aliphatic hydroxyl groups excluding tert-OH is 2. The Hall–Kier alpha value is -1.26. The fourth-order valence-corrected chi connectivity index (χ4v) is 1.73. The predicted molar refractivity (Wildman–Crippen MR) is 60.9 cm³/mol. The van der Waals surface area contributed by atoms with Crippen molar-refractivity contribution in [1.29, 1.82) is 0 Å². The van der Waals surface area contributed by atoms with Gasteiger partial charge in [-0.2, -0.15) is 0 Å². The average molecular weight is 226 g/mol. The molecule has 0 spiro atoms. The molecule has 0 aliphatic heterocycles. The molecule has 1 aromatic carbocycles. The lowest BCUT2D eigenvalue weighted by molar-refractivity contribution is 0.131. The van der Waals surface area contributed by atoms with Crippen molar-refractivity contribution in [3.63, 3.8) is 0 Å². The smallest absolute Gasteiger partial charge is 0.131 e. The molecule has 0 aliphatic carbocycles. The van der Waals surface area contributed by atoms with Gasteiger partial charge in [0, 0.05) is 24.2 Å². The van der Waals surface area contributed by atoms with E-state index < -0.39 is 6.10 Å². The fraction of sp³-hybridized carbons (Fsp3) is 0.500. The summed E-state index contributed by atoms with van der Waals surface area (Å²) >= 11 is 0. The number of ether oxygens (including phenoxy) is 2. The van der Waals surface area contributed by atoms with Gasteiger partial charge >= 0.3 is 0 Å². The molecule has 0 bridgehead atoms. The largest absolute Gasteiger partial charge is 0.496 e. The van der Waals surface area contributed by atoms with Crippen molar-refractivity contribution in [2.24, 2.45) is 0 Å². The van der Waals surface area contributed by atoms with Gasteiger partial charge in [-0.1, -0.05) is 0 Å². The zero-order valence-corrected chi connectivity index (χ0v) is 9.86. The molecule has 0 amide bonds. The van der Waals surface area contributed by atoms with Gasteiger partial charge in [0.1, 0.15) is 11.5 Å². The highest BCUT2D eigenvalue weighted by atomic mass is 16.5. The molecule has 0 aliphatic rings. The summed E-state index contributed by atoms with van der Waals surface area (Å²) in [6, 6.07) is 3.54. The minimum absolute atomic E-state index is 0.0601. The lowest BCUT2D eigenvalue weighted by Gasteiger charge is -2.17. The molecule has 0 saturated heterocycles. The van der Waals surface area contributed by atoms with Crippen molar-refractivity contribution in [3.05, 3.63) is 23.3 Å². The molecule has 0 aromatic heterocycles. The molecule has 16 heavy (non-hydrogen) atoms. The predicted octanol–water partition coefficient (Wildman–Crippen LogP) is 1.43. The first kappa shape index (κ1) is 12.8. The number of methoxy groups -OCH3 is 2. The first-order valence-corrected chi connectivity index (χ1v) is 5.16. The summed E-state index contributed by atoms with van der Waals surface area (Å²) < 4.78 is 10.4. The number of aliphatic hydroxyl groups is 2. The summed E-state index contributed by atoms with van der Waals surface area (Å²) in [5.74, 6) is 1.33. The molecule has 1 unspecified atom stereocenters. The lowest BCUT2D eigenvalue weighted by atomic mass is 10.0. The van der Waals surface area contributed by atoms with Crippen molar-refractivity contribution in [2.45, 2.75) is 19.4 Å². The van der Waals surface area contributed by atoms with Crippen LogP contribution in [0.1, 0.15) is 23.7 Å². The van der Waals surface area contributed by atoms with Crippen molar-refractivity contribution >= 4 is 0 Å². The van der Waals surface area contributed by atoms with E-state index in [1.54, 1.807) is 26.4 Å². The normalized spacial score (nSPS) is 12.3. The molecule has 2 N–H and O–H groups in total. The molecule has 0 fully saturated rings. The van der Waals surface area contributed by atoms with E-state index >= 15 is 0 Å². The second kappa shape index (κ2) is 5.72. The minimum Gasteiger partial charge on any atom is -0.496 e. The molecule has 4 heteroatoms. The summed E-state index contributed by atoms with van der Waals surface area (Å²) in [6.45, 7) is 1.81. The van der Waals surface area contributed by atoms with Crippen LogP contribution in [0, 0.1) is 6.92 Å². The van der Waals surface area contributed by atoms with Gasteiger partial charge in [-0.15, -0.1) is 0 Å². The topological polar surface area (TPSA) is 58.9 Å². The van der Waals surface area contributed by atoms with E-state index in [2.05, 4.69) is 0 Å². The van der Waals surface area contributed by atoms with Crippen molar-refractivity contribution in [2.75, 3.05) is 20.8 Å². The Morgan fingerprint density at radius 1 is 1.25 bits per heavy atom. The van der Waals surface area contributed by atoms with Gasteiger partial charge in [0.05, 0.1) is 20.3 Å². The van der Waals surface area contributed by atoms with E-state index in [0.717, 1.165) is 11.3 Å². The van der Waals surface area contributed by atoms with E-state index in [0.29, 0.717) is 17.7 Å². The molecule has 0 radical (unpaired) electrons. The summed E-state index contributed by atoms with van der Waals surface area (Å²) in [5.41, 5.74) is 1.52. The summed E-state index contributed by atoms with van der Waals surface area (Å²) in [5, 5.41) is 18.6. The Bertz CT molecular complexity index is 349. The highest BCUT2D eigenvalue weighted by Gasteiger charge is 2.17. The third-order valence-electron chi connectivity index (χ3n) is 2.57. The Labute approximate surface area is 95.4 Å². The van der Waals surface area contributed by atoms with Crippen LogP contribution in [0.2, 0.25) is 0 Å². The van der Waals surface area contributed by atoms with Gasteiger partial charge in [-0.05, 0) is 19.1 Å². The number of benzene rings is 1. The third-order valence-corrected chi connectivity index (χ3v) is 2.57. The van der Waals surface area contributed by atoms with Crippen LogP contribution in [0.15, 0.2) is 12.1 Å². The Kier molecular flexibility index (Phi) is 4.58. The summed E-state index contributed by atoms with van der Waals surface area (Å²) in [6.07, 6.45) is -0.424. The highest BCUT2D eigenvalue weighted by molar-refractivity contribution is 5.50. The quantitative estimate of drug-likeness (QED) is 0.797.